The number of rotatable bonds is 3. The number of hydrogen-bond acceptors (Lipinski definition) is 1. The van der Waals surface area contributed by atoms with Gasteiger partial charge in [0, 0.05) is 12.6 Å². The van der Waals surface area contributed by atoms with E-state index in [1.54, 1.807) is 0 Å². The quantitative estimate of drug-likeness (QED) is 0.814. The zero-order chi connectivity index (χ0) is 12.3. The first-order chi connectivity index (χ1) is 7.29. The molecule has 1 aromatic rings. The summed E-state index contributed by atoms with van der Waals surface area (Å²) < 4.78 is 0. The summed E-state index contributed by atoms with van der Waals surface area (Å²) in [6.45, 7) is 14.3. The first kappa shape index (κ1) is 13.2. The largest absolute Gasteiger partial charge is 0.310 e. The third-order valence-corrected chi connectivity index (χ3v) is 3.19. The summed E-state index contributed by atoms with van der Waals surface area (Å²) in [5.41, 5.74) is 4.40. The van der Waals surface area contributed by atoms with Gasteiger partial charge in [-0.3, -0.25) is 0 Å². The number of nitrogens with one attached hydrogen (secondary N) is 1. The zero-order valence-electron chi connectivity index (χ0n) is 11.5. The predicted molar refractivity (Wildman–Crippen MR) is 71.7 cm³/mol. The number of aryl methyl sites for hydroxylation is 2. The van der Waals surface area contributed by atoms with Gasteiger partial charge in [-0.25, -0.2) is 0 Å². The highest BCUT2D eigenvalue weighted by atomic mass is 14.9. The van der Waals surface area contributed by atoms with Gasteiger partial charge in [-0.05, 0) is 31.7 Å². The Morgan fingerprint density at radius 3 is 2.00 bits per heavy atom. The van der Waals surface area contributed by atoms with E-state index in [1.165, 1.54) is 16.7 Å². The molecule has 0 bridgehead atoms. The van der Waals surface area contributed by atoms with Gasteiger partial charge in [0.25, 0.3) is 0 Å². The topological polar surface area (TPSA) is 12.0 Å². The van der Waals surface area contributed by atoms with Crippen LogP contribution in [0.3, 0.4) is 0 Å². The molecule has 1 heteroatoms. The van der Waals surface area contributed by atoms with Gasteiger partial charge in [0.2, 0.25) is 0 Å². The molecule has 1 nitrogen and oxygen atoms in total. The monoisotopic (exact) mass is 219 g/mol. The van der Waals surface area contributed by atoms with E-state index in [9.17, 15) is 0 Å². The predicted octanol–water partition coefficient (Wildman–Crippen LogP) is 3.83. The molecular weight excluding hydrogens is 194 g/mol. The standard InChI is InChI=1S/C15H25N/c1-11-7-12(2)9-14(8-11)10-16-13(3)15(4,5)6/h7-9,13,16H,10H2,1-6H3. The van der Waals surface area contributed by atoms with Crippen LogP contribution in [0.15, 0.2) is 18.2 Å². The second-order valence-corrected chi connectivity index (χ2v) is 5.96. The van der Waals surface area contributed by atoms with Crippen molar-refractivity contribution >= 4 is 0 Å². The third kappa shape index (κ3) is 3.97. The van der Waals surface area contributed by atoms with Crippen molar-refractivity contribution in [2.24, 2.45) is 5.41 Å². The highest BCUT2D eigenvalue weighted by Gasteiger charge is 2.18. The fourth-order valence-electron chi connectivity index (χ4n) is 1.75. The summed E-state index contributed by atoms with van der Waals surface area (Å²) in [6.07, 6.45) is 0. The summed E-state index contributed by atoms with van der Waals surface area (Å²) in [5, 5.41) is 3.59. The Bertz CT molecular complexity index is 327. The van der Waals surface area contributed by atoms with Crippen molar-refractivity contribution in [2.75, 3.05) is 0 Å². The van der Waals surface area contributed by atoms with E-state index in [0.29, 0.717) is 11.5 Å². The molecular formula is C15H25N. The maximum absolute atomic E-state index is 3.59. The van der Waals surface area contributed by atoms with Crippen LogP contribution in [0.5, 0.6) is 0 Å². The van der Waals surface area contributed by atoms with E-state index < -0.39 is 0 Å². The molecule has 0 saturated heterocycles. The van der Waals surface area contributed by atoms with Crippen LogP contribution in [0.25, 0.3) is 0 Å². The molecule has 0 aliphatic heterocycles. The molecule has 0 aliphatic rings. The van der Waals surface area contributed by atoms with Gasteiger partial charge in [0.1, 0.15) is 0 Å². The molecule has 1 rings (SSSR count). The van der Waals surface area contributed by atoms with Crippen molar-refractivity contribution in [2.45, 2.75) is 54.1 Å². The van der Waals surface area contributed by atoms with Crippen LogP contribution in [-0.2, 0) is 6.54 Å². The maximum Gasteiger partial charge on any atom is 0.0208 e. The molecule has 1 atom stereocenters. The molecule has 0 spiro atoms. The molecule has 1 N–H and O–H groups in total. The highest BCUT2D eigenvalue weighted by molar-refractivity contribution is 5.28. The Balaban J connectivity index is 2.61. The second kappa shape index (κ2) is 5.01. The minimum atomic E-state index is 0.318. The van der Waals surface area contributed by atoms with Crippen molar-refractivity contribution in [1.29, 1.82) is 0 Å². The first-order valence-electron chi connectivity index (χ1n) is 6.09. The van der Waals surface area contributed by atoms with Crippen LogP contribution in [-0.4, -0.2) is 6.04 Å². The molecule has 0 saturated carbocycles. The van der Waals surface area contributed by atoms with Gasteiger partial charge in [-0.1, -0.05) is 50.1 Å². The van der Waals surface area contributed by atoms with Crippen molar-refractivity contribution in [3.63, 3.8) is 0 Å². The van der Waals surface area contributed by atoms with Gasteiger partial charge in [-0.15, -0.1) is 0 Å². The Labute approximate surface area is 100 Å². The van der Waals surface area contributed by atoms with E-state index >= 15 is 0 Å². The normalized spacial score (nSPS) is 13.9. The van der Waals surface area contributed by atoms with Crippen LogP contribution < -0.4 is 5.32 Å². The lowest BCUT2D eigenvalue weighted by atomic mass is 9.88. The smallest absolute Gasteiger partial charge is 0.0208 e. The molecule has 1 aromatic carbocycles. The van der Waals surface area contributed by atoms with Crippen LogP contribution in [0.4, 0.5) is 0 Å². The van der Waals surface area contributed by atoms with Crippen molar-refractivity contribution in [1.82, 2.24) is 5.32 Å². The third-order valence-electron chi connectivity index (χ3n) is 3.19. The van der Waals surface area contributed by atoms with Crippen molar-refractivity contribution in [3.8, 4) is 0 Å². The van der Waals surface area contributed by atoms with E-state index in [-0.39, 0.29) is 0 Å². The number of benzene rings is 1. The van der Waals surface area contributed by atoms with Gasteiger partial charge < -0.3 is 5.32 Å². The summed E-state index contributed by atoms with van der Waals surface area (Å²) in [5.74, 6) is 0. The van der Waals surface area contributed by atoms with Gasteiger partial charge >= 0.3 is 0 Å². The molecule has 16 heavy (non-hydrogen) atoms. The lowest BCUT2D eigenvalue weighted by molar-refractivity contribution is 0.285. The Kier molecular flexibility index (Phi) is 4.15. The Morgan fingerprint density at radius 1 is 1.06 bits per heavy atom. The average molecular weight is 219 g/mol. The number of hydrogen-bond donors (Lipinski definition) is 1. The molecule has 0 amide bonds. The highest BCUT2D eigenvalue weighted by Crippen LogP contribution is 2.19. The van der Waals surface area contributed by atoms with Crippen LogP contribution in [0.1, 0.15) is 44.4 Å². The first-order valence-corrected chi connectivity index (χ1v) is 6.09. The summed E-state index contributed by atoms with van der Waals surface area (Å²) in [7, 11) is 0. The molecule has 0 fully saturated rings. The van der Waals surface area contributed by atoms with Crippen LogP contribution in [0.2, 0.25) is 0 Å². The Hall–Kier alpha value is -0.820. The lowest BCUT2D eigenvalue weighted by Gasteiger charge is -2.28. The maximum atomic E-state index is 3.59. The summed E-state index contributed by atoms with van der Waals surface area (Å²) in [6, 6.07) is 7.26. The van der Waals surface area contributed by atoms with Gasteiger partial charge in [0.05, 0.1) is 0 Å². The SMILES string of the molecule is Cc1cc(C)cc(CNC(C)C(C)(C)C)c1. The molecule has 0 aromatic heterocycles. The molecule has 0 radical (unpaired) electrons. The van der Waals surface area contributed by atoms with Crippen LogP contribution >= 0.6 is 0 Å². The molecule has 0 aliphatic carbocycles. The summed E-state index contributed by atoms with van der Waals surface area (Å²) in [4.78, 5) is 0. The van der Waals surface area contributed by atoms with Crippen molar-refractivity contribution < 1.29 is 0 Å². The lowest BCUT2D eigenvalue weighted by Crippen LogP contribution is -2.37. The summed E-state index contributed by atoms with van der Waals surface area (Å²) >= 11 is 0. The van der Waals surface area contributed by atoms with Gasteiger partial charge in [0.15, 0.2) is 0 Å². The van der Waals surface area contributed by atoms with Gasteiger partial charge in [-0.2, -0.15) is 0 Å². The van der Waals surface area contributed by atoms with Crippen molar-refractivity contribution in [3.05, 3.63) is 34.9 Å². The zero-order valence-corrected chi connectivity index (χ0v) is 11.5. The van der Waals surface area contributed by atoms with Crippen LogP contribution in [0, 0.1) is 19.3 Å². The van der Waals surface area contributed by atoms with E-state index in [2.05, 4.69) is 65.1 Å². The van der Waals surface area contributed by atoms with E-state index in [0.717, 1.165) is 6.54 Å². The second-order valence-electron chi connectivity index (χ2n) is 5.96. The minimum absolute atomic E-state index is 0.318. The molecule has 0 heterocycles. The van der Waals surface area contributed by atoms with E-state index in [1.807, 2.05) is 0 Å². The minimum Gasteiger partial charge on any atom is -0.310 e. The Morgan fingerprint density at radius 2 is 1.56 bits per heavy atom. The fraction of sp³-hybridized carbons (Fsp3) is 0.600. The fourth-order valence-corrected chi connectivity index (χ4v) is 1.75. The molecule has 90 valence electrons. The van der Waals surface area contributed by atoms with E-state index in [4.69, 9.17) is 0 Å². The average Bonchev–Trinajstić information content (AvgIpc) is 2.11. The molecule has 1 unspecified atom stereocenters.